The van der Waals surface area contributed by atoms with Gasteiger partial charge >= 0.3 is 6.16 Å². The Labute approximate surface area is 178 Å². The second-order valence-electron chi connectivity index (χ2n) is 8.79. The molecular formula is C22H34O6S. The Balaban J connectivity index is 2.53. The molecule has 29 heavy (non-hydrogen) atoms. The summed E-state index contributed by atoms with van der Waals surface area (Å²) in [6, 6.07) is 3.58. The minimum atomic E-state index is -0.806. The Morgan fingerprint density at radius 2 is 1.55 bits per heavy atom. The predicted octanol–water partition coefficient (Wildman–Crippen LogP) is 5.39. The average molecular weight is 427 g/mol. The molecule has 1 aromatic rings. The van der Waals surface area contributed by atoms with Crippen LogP contribution < -0.4 is 9.47 Å². The van der Waals surface area contributed by atoms with E-state index < -0.39 is 11.6 Å². The minimum absolute atomic E-state index is 0.00489. The van der Waals surface area contributed by atoms with E-state index in [0.29, 0.717) is 11.5 Å². The molecule has 0 fully saturated rings. The summed E-state index contributed by atoms with van der Waals surface area (Å²) >= 11 is 1.28. The van der Waals surface area contributed by atoms with E-state index in [9.17, 15) is 9.59 Å². The lowest BCUT2D eigenvalue weighted by Crippen LogP contribution is -2.29. The topological polar surface area (TPSA) is 71.1 Å². The molecule has 0 aliphatic heterocycles. The largest absolute Gasteiger partial charge is 0.508 e. The molecule has 1 rings (SSSR count). The van der Waals surface area contributed by atoms with Crippen LogP contribution >= 0.6 is 11.8 Å². The third-order valence-corrected chi connectivity index (χ3v) is 5.60. The summed E-state index contributed by atoms with van der Waals surface area (Å²) < 4.78 is 20.9. The van der Waals surface area contributed by atoms with Gasteiger partial charge in [0.1, 0.15) is 13.2 Å². The first-order valence-electron chi connectivity index (χ1n) is 9.58. The van der Waals surface area contributed by atoms with Crippen molar-refractivity contribution in [1.29, 1.82) is 0 Å². The molecule has 0 spiro atoms. The van der Waals surface area contributed by atoms with Gasteiger partial charge in [-0.05, 0) is 55.9 Å². The highest BCUT2D eigenvalue weighted by molar-refractivity contribution is 8.13. The SMILES string of the molecule is COc1cc(C)c(COC(=O)OCC(C)(C)C(=O)SCCC(C)(C)C)cc1OC. The van der Waals surface area contributed by atoms with Crippen LogP contribution in [0.15, 0.2) is 12.1 Å². The van der Waals surface area contributed by atoms with Gasteiger partial charge in [0.25, 0.3) is 0 Å². The molecule has 0 amide bonds. The van der Waals surface area contributed by atoms with E-state index in [2.05, 4.69) is 20.8 Å². The number of rotatable bonds is 9. The van der Waals surface area contributed by atoms with Crippen LogP contribution in [0.3, 0.4) is 0 Å². The van der Waals surface area contributed by atoms with Crippen LogP contribution in [0.1, 0.15) is 52.2 Å². The normalized spacial score (nSPS) is 11.7. The highest BCUT2D eigenvalue weighted by Gasteiger charge is 2.30. The maximum Gasteiger partial charge on any atom is 0.508 e. The molecule has 0 unspecified atom stereocenters. The molecule has 7 heteroatoms. The molecule has 0 atom stereocenters. The van der Waals surface area contributed by atoms with E-state index in [4.69, 9.17) is 18.9 Å². The average Bonchev–Trinajstić information content (AvgIpc) is 2.63. The smallest absolute Gasteiger partial charge is 0.493 e. The summed E-state index contributed by atoms with van der Waals surface area (Å²) in [7, 11) is 3.11. The lowest BCUT2D eigenvalue weighted by molar-refractivity contribution is -0.120. The summed E-state index contributed by atoms with van der Waals surface area (Å²) in [6.07, 6.45) is 0.132. The number of ether oxygens (including phenoxy) is 4. The summed E-state index contributed by atoms with van der Waals surface area (Å²) in [5.74, 6) is 1.92. The number of carbonyl (C=O) groups excluding carboxylic acids is 2. The maximum atomic E-state index is 12.4. The van der Waals surface area contributed by atoms with Crippen molar-refractivity contribution in [3.8, 4) is 11.5 Å². The Kier molecular flexibility index (Phi) is 9.33. The summed E-state index contributed by atoms with van der Waals surface area (Å²) in [5, 5.41) is 0.00489. The van der Waals surface area contributed by atoms with Gasteiger partial charge in [0.05, 0.1) is 19.6 Å². The Bertz CT molecular complexity index is 706. The number of thioether (sulfide) groups is 1. The zero-order valence-electron chi connectivity index (χ0n) is 18.8. The Morgan fingerprint density at radius 3 is 2.10 bits per heavy atom. The molecule has 0 aliphatic rings. The van der Waals surface area contributed by atoms with Crippen LogP contribution in [0.5, 0.6) is 11.5 Å². The summed E-state index contributed by atoms with van der Waals surface area (Å²) in [4.78, 5) is 24.4. The van der Waals surface area contributed by atoms with Gasteiger partial charge in [0, 0.05) is 5.75 Å². The number of methoxy groups -OCH3 is 2. The fourth-order valence-corrected chi connectivity index (χ4v) is 3.65. The van der Waals surface area contributed by atoms with Gasteiger partial charge in [0.15, 0.2) is 16.6 Å². The first-order chi connectivity index (χ1) is 13.4. The van der Waals surface area contributed by atoms with E-state index in [-0.39, 0.29) is 23.7 Å². The maximum absolute atomic E-state index is 12.4. The van der Waals surface area contributed by atoms with Crippen LogP contribution in [0, 0.1) is 17.8 Å². The van der Waals surface area contributed by atoms with Crippen LogP contribution in [-0.4, -0.2) is 37.8 Å². The van der Waals surface area contributed by atoms with Crippen molar-refractivity contribution in [2.75, 3.05) is 26.6 Å². The third kappa shape index (κ3) is 8.56. The van der Waals surface area contributed by atoms with Gasteiger partial charge in [-0.2, -0.15) is 0 Å². The molecular weight excluding hydrogens is 392 g/mol. The molecule has 0 N–H and O–H groups in total. The van der Waals surface area contributed by atoms with Gasteiger partial charge < -0.3 is 18.9 Å². The van der Waals surface area contributed by atoms with Crippen molar-refractivity contribution in [1.82, 2.24) is 0 Å². The van der Waals surface area contributed by atoms with Crippen LogP contribution in [0.4, 0.5) is 4.79 Å². The van der Waals surface area contributed by atoms with Crippen molar-refractivity contribution < 1.29 is 28.5 Å². The van der Waals surface area contributed by atoms with E-state index in [1.165, 1.54) is 11.8 Å². The van der Waals surface area contributed by atoms with Crippen LogP contribution in [0.25, 0.3) is 0 Å². The summed E-state index contributed by atoms with van der Waals surface area (Å²) in [5.41, 5.74) is 1.09. The standard InChI is InChI=1S/C22H34O6S/c1-15-11-17(25-7)18(26-8)12-16(15)13-27-20(24)28-14-22(5,6)19(23)29-10-9-21(2,3)4/h11-12H,9-10,13-14H2,1-8H3. The van der Waals surface area contributed by atoms with Gasteiger partial charge in [-0.25, -0.2) is 4.79 Å². The first kappa shape index (κ1) is 25.1. The minimum Gasteiger partial charge on any atom is -0.493 e. The molecule has 164 valence electrons. The van der Waals surface area contributed by atoms with Crippen molar-refractivity contribution in [3.63, 3.8) is 0 Å². The van der Waals surface area contributed by atoms with E-state index >= 15 is 0 Å². The second-order valence-corrected chi connectivity index (χ2v) is 9.86. The molecule has 0 aliphatic carbocycles. The lowest BCUT2D eigenvalue weighted by atomic mass is 9.94. The number of carbonyl (C=O) groups is 2. The van der Waals surface area contributed by atoms with Gasteiger partial charge in [0.2, 0.25) is 0 Å². The Morgan fingerprint density at radius 1 is 0.966 bits per heavy atom. The zero-order chi connectivity index (χ0) is 22.2. The fourth-order valence-electron chi connectivity index (χ4n) is 2.30. The number of hydrogen-bond acceptors (Lipinski definition) is 7. The highest BCUT2D eigenvalue weighted by atomic mass is 32.2. The van der Waals surface area contributed by atoms with Crippen LogP contribution in [0.2, 0.25) is 0 Å². The van der Waals surface area contributed by atoms with Gasteiger partial charge in [-0.15, -0.1) is 0 Å². The molecule has 6 nitrogen and oxygen atoms in total. The molecule has 0 bridgehead atoms. The van der Waals surface area contributed by atoms with E-state index in [1.54, 1.807) is 34.1 Å². The van der Waals surface area contributed by atoms with Crippen molar-refractivity contribution in [2.45, 2.75) is 54.6 Å². The van der Waals surface area contributed by atoms with E-state index in [0.717, 1.165) is 23.3 Å². The molecule has 0 radical (unpaired) electrons. The molecule has 0 aromatic heterocycles. The first-order valence-corrected chi connectivity index (χ1v) is 10.6. The highest BCUT2D eigenvalue weighted by Crippen LogP contribution is 2.31. The van der Waals surface area contributed by atoms with Crippen molar-refractivity contribution in [2.24, 2.45) is 10.8 Å². The third-order valence-electron chi connectivity index (χ3n) is 4.38. The van der Waals surface area contributed by atoms with Gasteiger partial charge in [-0.1, -0.05) is 32.5 Å². The molecule has 0 saturated carbocycles. The predicted molar refractivity (Wildman–Crippen MR) is 116 cm³/mol. The van der Waals surface area contributed by atoms with Gasteiger partial charge in [-0.3, -0.25) is 4.79 Å². The number of aryl methyl sites for hydroxylation is 1. The zero-order valence-corrected chi connectivity index (χ0v) is 19.7. The molecule has 1 aromatic carbocycles. The number of benzene rings is 1. The van der Waals surface area contributed by atoms with Crippen molar-refractivity contribution >= 4 is 23.0 Å². The second kappa shape index (κ2) is 10.8. The summed E-state index contributed by atoms with van der Waals surface area (Å²) in [6.45, 7) is 11.9. The van der Waals surface area contributed by atoms with E-state index in [1.807, 2.05) is 13.0 Å². The Hall–Kier alpha value is -1.89. The molecule has 0 heterocycles. The van der Waals surface area contributed by atoms with Crippen molar-refractivity contribution in [3.05, 3.63) is 23.3 Å². The fraction of sp³-hybridized carbons (Fsp3) is 0.636. The number of hydrogen-bond donors (Lipinski definition) is 0. The quantitative estimate of drug-likeness (QED) is 0.490. The monoisotopic (exact) mass is 426 g/mol. The van der Waals surface area contributed by atoms with Crippen LogP contribution in [-0.2, 0) is 20.9 Å². The molecule has 0 saturated heterocycles. The lowest BCUT2D eigenvalue weighted by Gasteiger charge is -2.23.